The number of nitrogens with one attached hydrogen (secondary N) is 2. The summed E-state index contributed by atoms with van der Waals surface area (Å²) in [5.74, 6) is 0.212. The third-order valence-corrected chi connectivity index (χ3v) is 5.70. The lowest BCUT2D eigenvalue weighted by atomic mass is 10.1. The Morgan fingerprint density at radius 1 is 1.53 bits per heavy atom. The molecule has 4 heterocycles. The van der Waals surface area contributed by atoms with Crippen LogP contribution in [-0.2, 0) is 11.3 Å². The average molecular weight is 424 g/mol. The zero-order valence-corrected chi connectivity index (χ0v) is 17.3. The first kappa shape index (κ1) is 20.0. The standard InChI is InChI=1S/C20H21N7O2S/c1-2-29-19(28)18-14(10-23-26-18)11-27-7-3-4-16(27)15-12-30-20(24-15)25-17-8-13(9-21)5-6-22-17/h5-6,8,10,12,16H,2-4,7,11H2,1H3,(H,23,26)(H,22,24,25)/t16-/m1/s1. The maximum Gasteiger partial charge on any atom is 0.356 e. The molecule has 3 aromatic rings. The lowest BCUT2D eigenvalue weighted by molar-refractivity contribution is 0.0516. The summed E-state index contributed by atoms with van der Waals surface area (Å²) in [5, 5.41) is 21.8. The summed E-state index contributed by atoms with van der Waals surface area (Å²) in [6.07, 6.45) is 5.34. The highest BCUT2D eigenvalue weighted by Gasteiger charge is 2.29. The largest absolute Gasteiger partial charge is 0.461 e. The van der Waals surface area contributed by atoms with Crippen molar-refractivity contribution in [3.05, 3.63) is 52.4 Å². The highest BCUT2D eigenvalue weighted by molar-refractivity contribution is 7.13. The van der Waals surface area contributed by atoms with Gasteiger partial charge in [0.1, 0.15) is 11.5 Å². The van der Waals surface area contributed by atoms with E-state index in [1.807, 2.05) is 5.38 Å². The molecule has 1 saturated heterocycles. The molecule has 0 aromatic carbocycles. The van der Waals surface area contributed by atoms with Crippen molar-refractivity contribution in [3.8, 4) is 6.07 Å². The Balaban J connectivity index is 1.46. The van der Waals surface area contributed by atoms with Crippen molar-refractivity contribution in [1.82, 2.24) is 25.1 Å². The maximum absolute atomic E-state index is 12.1. The molecule has 1 fully saturated rings. The Kier molecular flexibility index (Phi) is 6.02. The summed E-state index contributed by atoms with van der Waals surface area (Å²) < 4.78 is 5.11. The minimum atomic E-state index is -0.381. The van der Waals surface area contributed by atoms with Gasteiger partial charge in [0, 0.05) is 23.7 Å². The second kappa shape index (κ2) is 9.02. The van der Waals surface area contributed by atoms with Crippen LogP contribution in [-0.4, -0.2) is 44.2 Å². The Bertz CT molecular complexity index is 1070. The SMILES string of the molecule is CCOC(=O)c1[nH]ncc1CN1CCC[C@@H]1c1csc(Nc2cc(C#N)ccn2)n1. The number of likely N-dealkylation sites (tertiary alicyclic amines) is 1. The van der Waals surface area contributed by atoms with Crippen LogP contribution in [0.1, 0.15) is 53.1 Å². The van der Waals surface area contributed by atoms with Gasteiger partial charge in [-0.05, 0) is 38.4 Å². The van der Waals surface area contributed by atoms with E-state index in [9.17, 15) is 4.79 Å². The van der Waals surface area contributed by atoms with Gasteiger partial charge in [-0.1, -0.05) is 0 Å². The molecule has 10 heteroatoms. The van der Waals surface area contributed by atoms with Crippen molar-refractivity contribution in [2.75, 3.05) is 18.5 Å². The fourth-order valence-corrected chi connectivity index (χ4v) is 4.32. The maximum atomic E-state index is 12.1. The molecular formula is C20H21N7O2S. The molecule has 1 atom stereocenters. The number of anilines is 2. The van der Waals surface area contributed by atoms with E-state index in [2.05, 4.69) is 31.5 Å². The number of nitriles is 1. The van der Waals surface area contributed by atoms with Gasteiger partial charge in [-0.25, -0.2) is 14.8 Å². The van der Waals surface area contributed by atoms with E-state index in [-0.39, 0.29) is 12.0 Å². The van der Waals surface area contributed by atoms with Gasteiger partial charge in [0.25, 0.3) is 0 Å². The molecular weight excluding hydrogens is 402 g/mol. The number of aromatic nitrogens is 4. The fourth-order valence-electron chi connectivity index (χ4n) is 3.55. The van der Waals surface area contributed by atoms with E-state index in [4.69, 9.17) is 15.0 Å². The molecule has 0 bridgehead atoms. The number of hydrogen-bond acceptors (Lipinski definition) is 9. The third-order valence-electron chi connectivity index (χ3n) is 4.92. The molecule has 0 spiro atoms. The molecule has 1 aliphatic heterocycles. The number of H-pyrrole nitrogens is 1. The zero-order valence-electron chi connectivity index (χ0n) is 16.5. The number of aromatic amines is 1. The number of thiazole rings is 1. The van der Waals surface area contributed by atoms with Crippen LogP contribution in [0.4, 0.5) is 10.9 Å². The third kappa shape index (κ3) is 4.32. The van der Waals surface area contributed by atoms with Crippen molar-refractivity contribution in [1.29, 1.82) is 5.26 Å². The van der Waals surface area contributed by atoms with Crippen molar-refractivity contribution < 1.29 is 9.53 Å². The van der Waals surface area contributed by atoms with E-state index in [1.165, 1.54) is 11.3 Å². The Hall–Kier alpha value is -3.29. The van der Waals surface area contributed by atoms with Crippen LogP contribution in [0.5, 0.6) is 0 Å². The van der Waals surface area contributed by atoms with Gasteiger partial charge in [0.2, 0.25) is 0 Å². The van der Waals surface area contributed by atoms with Gasteiger partial charge in [-0.15, -0.1) is 11.3 Å². The molecule has 0 aliphatic carbocycles. The van der Waals surface area contributed by atoms with Gasteiger partial charge in [0.15, 0.2) is 5.13 Å². The van der Waals surface area contributed by atoms with E-state index in [0.717, 1.165) is 35.8 Å². The molecule has 1 aliphatic rings. The predicted octanol–water partition coefficient (Wildman–Crippen LogP) is 3.39. The summed E-state index contributed by atoms with van der Waals surface area (Å²) in [6.45, 7) is 3.63. The van der Waals surface area contributed by atoms with Crippen LogP contribution in [0, 0.1) is 11.3 Å². The van der Waals surface area contributed by atoms with E-state index in [0.29, 0.717) is 30.2 Å². The summed E-state index contributed by atoms with van der Waals surface area (Å²) >= 11 is 1.50. The van der Waals surface area contributed by atoms with Crippen molar-refractivity contribution in [3.63, 3.8) is 0 Å². The summed E-state index contributed by atoms with van der Waals surface area (Å²) in [7, 11) is 0. The van der Waals surface area contributed by atoms with Crippen LogP contribution in [0.3, 0.4) is 0 Å². The van der Waals surface area contributed by atoms with Crippen LogP contribution in [0.25, 0.3) is 0 Å². The summed E-state index contributed by atoms with van der Waals surface area (Å²) in [6, 6.07) is 5.63. The quantitative estimate of drug-likeness (QED) is 0.555. The Morgan fingerprint density at radius 3 is 3.27 bits per heavy atom. The number of hydrogen-bond donors (Lipinski definition) is 2. The first-order valence-corrected chi connectivity index (χ1v) is 10.6. The highest BCUT2D eigenvalue weighted by Crippen LogP contribution is 2.35. The van der Waals surface area contributed by atoms with Crippen molar-refractivity contribution >= 4 is 28.3 Å². The second-order valence-electron chi connectivity index (χ2n) is 6.86. The minimum absolute atomic E-state index is 0.167. The van der Waals surface area contributed by atoms with Gasteiger partial charge < -0.3 is 10.1 Å². The second-order valence-corrected chi connectivity index (χ2v) is 7.72. The zero-order chi connectivity index (χ0) is 20.9. The number of carbonyl (C=O) groups is 1. The molecule has 0 unspecified atom stereocenters. The number of nitrogens with zero attached hydrogens (tertiary/aromatic N) is 5. The predicted molar refractivity (Wildman–Crippen MR) is 111 cm³/mol. The average Bonchev–Trinajstić information content (AvgIpc) is 3.50. The Morgan fingerprint density at radius 2 is 2.43 bits per heavy atom. The van der Waals surface area contributed by atoms with Crippen LogP contribution < -0.4 is 5.32 Å². The first-order valence-electron chi connectivity index (χ1n) is 9.70. The van der Waals surface area contributed by atoms with Crippen LogP contribution in [0.15, 0.2) is 29.9 Å². The lowest BCUT2D eigenvalue weighted by Gasteiger charge is -2.22. The minimum Gasteiger partial charge on any atom is -0.461 e. The summed E-state index contributed by atoms with van der Waals surface area (Å²) in [4.78, 5) is 23.4. The first-order chi connectivity index (χ1) is 14.7. The van der Waals surface area contributed by atoms with Crippen LogP contribution >= 0.6 is 11.3 Å². The van der Waals surface area contributed by atoms with E-state index >= 15 is 0 Å². The lowest BCUT2D eigenvalue weighted by Crippen LogP contribution is -2.24. The monoisotopic (exact) mass is 423 g/mol. The number of esters is 1. The molecule has 0 radical (unpaired) electrons. The molecule has 2 N–H and O–H groups in total. The number of carbonyl (C=O) groups excluding carboxylic acids is 1. The van der Waals surface area contributed by atoms with E-state index in [1.54, 1.807) is 31.5 Å². The van der Waals surface area contributed by atoms with Gasteiger partial charge in [-0.3, -0.25) is 10.00 Å². The molecule has 9 nitrogen and oxygen atoms in total. The topological polar surface area (TPSA) is 120 Å². The molecule has 4 rings (SSSR count). The molecule has 154 valence electrons. The number of pyridine rings is 1. The van der Waals surface area contributed by atoms with Gasteiger partial charge in [-0.2, -0.15) is 10.4 Å². The molecule has 30 heavy (non-hydrogen) atoms. The van der Waals surface area contributed by atoms with E-state index < -0.39 is 0 Å². The number of rotatable bonds is 7. The van der Waals surface area contributed by atoms with Gasteiger partial charge >= 0.3 is 5.97 Å². The summed E-state index contributed by atoms with van der Waals surface area (Å²) in [5.41, 5.74) is 2.76. The van der Waals surface area contributed by atoms with Crippen molar-refractivity contribution in [2.45, 2.75) is 32.4 Å². The molecule has 0 saturated carbocycles. The van der Waals surface area contributed by atoms with Crippen LogP contribution in [0.2, 0.25) is 0 Å². The molecule has 3 aromatic heterocycles. The molecule has 0 amide bonds. The smallest absolute Gasteiger partial charge is 0.356 e. The van der Waals surface area contributed by atoms with Crippen molar-refractivity contribution in [2.24, 2.45) is 0 Å². The number of ether oxygens (including phenoxy) is 1. The normalized spacial score (nSPS) is 16.3. The van der Waals surface area contributed by atoms with Gasteiger partial charge in [0.05, 0.1) is 36.2 Å². The fraction of sp³-hybridized carbons (Fsp3) is 0.350. The Labute approximate surface area is 177 Å². The highest BCUT2D eigenvalue weighted by atomic mass is 32.1.